The minimum atomic E-state index is -4.22. The first-order chi connectivity index (χ1) is 14.4. The molecule has 10 nitrogen and oxygen atoms in total. The first-order valence-electron chi connectivity index (χ1n) is 10.6. The first-order valence-corrected chi connectivity index (χ1v) is 13.0. The van der Waals surface area contributed by atoms with E-state index < -0.39 is 30.0 Å². The van der Waals surface area contributed by atoms with Crippen molar-refractivity contribution in [1.82, 2.24) is 0 Å². The summed E-state index contributed by atoms with van der Waals surface area (Å²) in [6.07, 6.45) is 0.632. The Labute approximate surface area is 201 Å². The van der Waals surface area contributed by atoms with Crippen molar-refractivity contribution in [2.45, 2.75) is 31.5 Å². The lowest BCUT2D eigenvalue weighted by atomic mass is 9.83. The number of phosphoric acid groups is 1. The van der Waals surface area contributed by atoms with Crippen LogP contribution in [0.15, 0.2) is 0 Å². The van der Waals surface area contributed by atoms with Crippen LogP contribution >= 0.6 is 23.8 Å². The Morgan fingerprint density at radius 2 is 1.44 bits per heavy atom. The molecule has 0 aromatic carbocycles. The van der Waals surface area contributed by atoms with E-state index in [0.29, 0.717) is 28.5 Å². The number of ether oxygens (including phenoxy) is 2. The van der Waals surface area contributed by atoms with E-state index in [1.807, 2.05) is 49.2 Å². The number of esters is 2. The molecule has 0 radical (unpaired) electrons. The zero-order valence-corrected chi connectivity index (χ0v) is 23.2. The van der Waals surface area contributed by atoms with Crippen molar-refractivity contribution < 1.29 is 46.5 Å². The van der Waals surface area contributed by atoms with Crippen LogP contribution in [0, 0.1) is 5.41 Å². The van der Waals surface area contributed by atoms with E-state index in [1.54, 1.807) is 6.92 Å². The number of nitrogens with zero attached hydrogens (tertiary/aromatic N) is 2. The van der Waals surface area contributed by atoms with Crippen molar-refractivity contribution in [2.24, 2.45) is 5.41 Å². The van der Waals surface area contributed by atoms with Gasteiger partial charge in [-0.3, -0.25) is 18.6 Å². The summed E-state index contributed by atoms with van der Waals surface area (Å²) in [5.41, 5.74) is -0.933. The van der Waals surface area contributed by atoms with Crippen LogP contribution < -0.4 is 0 Å². The van der Waals surface area contributed by atoms with Crippen LogP contribution in [0.25, 0.3) is 0 Å². The molecule has 0 bridgehead atoms. The Hall–Kier alpha value is -0.550. The minimum absolute atomic E-state index is 0.0580. The van der Waals surface area contributed by atoms with Crippen molar-refractivity contribution >= 4 is 35.7 Å². The molecule has 32 heavy (non-hydrogen) atoms. The molecule has 0 saturated heterocycles. The second kappa shape index (κ2) is 13.4. The van der Waals surface area contributed by atoms with Gasteiger partial charge in [-0.1, -0.05) is 22.9 Å². The smallest absolute Gasteiger partial charge is 0.463 e. The molecule has 0 heterocycles. The Kier molecular flexibility index (Phi) is 13.1. The lowest BCUT2D eigenvalue weighted by Crippen LogP contribution is -2.39. The molecule has 190 valence electrons. The lowest BCUT2D eigenvalue weighted by Gasteiger charge is -2.28. The average molecular weight is 549 g/mol. The zero-order valence-electron chi connectivity index (χ0n) is 20.8. The van der Waals surface area contributed by atoms with Crippen molar-refractivity contribution in [3.63, 3.8) is 0 Å². The van der Waals surface area contributed by atoms with Crippen LogP contribution in [0.3, 0.4) is 0 Å². The van der Waals surface area contributed by atoms with Crippen LogP contribution in [-0.4, -0.2) is 112 Å². The number of hydrogen-bond acceptors (Lipinski definition) is 7. The van der Waals surface area contributed by atoms with Gasteiger partial charge >= 0.3 is 19.8 Å². The molecule has 0 aromatic heterocycles. The van der Waals surface area contributed by atoms with Gasteiger partial charge in [-0.05, 0) is 19.8 Å². The molecule has 0 rings (SSSR count). The van der Waals surface area contributed by atoms with Crippen LogP contribution in [0.5, 0.6) is 0 Å². The van der Waals surface area contributed by atoms with E-state index >= 15 is 0 Å². The largest absolute Gasteiger partial charge is 0.472 e. The second-order valence-corrected chi connectivity index (χ2v) is 12.6. The maximum atomic E-state index is 12.6. The highest BCUT2D eigenvalue weighted by atomic mass is 79.9. The fourth-order valence-electron chi connectivity index (χ4n) is 2.29. The first kappa shape index (κ1) is 31.4. The standard InChI is InChI=1S/C20H41BrN2O8P/c1-9-20(2,16-17(21)18(24)28-12-10-22(3,4)5)19(25)29-14-15-31-32(26,27)30-13-11-23(6,7)8/h17H,9-16H2,1-8H3/q+1/p+1. The van der Waals surface area contributed by atoms with E-state index in [1.165, 1.54) is 0 Å². The summed E-state index contributed by atoms with van der Waals surface area (Å²) in [4.78, 5) is 33.9. The quantitative estimate of drug-likeness (QED) is 0.103. The van der Waals surface area contributed by atoms with E-state index in [9.17, 15) is 19.0 Å². The number of likely N-dealkylation sites (N-methyl/N-ethyl adjacent to an activating group) is 2. The summed E-state index contributed by atoms with van der Waals surface area (Å²) in [5, 5.41) is 0. The molecule has 0 spiro atoms. The van der Waals surface area contributed by atoms with Crippen molar-refractivity contribution in [3.8, 4) is 0 Å². The Morgan fingerprint density at radius 1 is 0.938 bits per heavy atom. The molecule has 0 saturated carbocycles. The number of carbonyl (C=O) groups excluding carboxylic acids is 2. The van der Waals surface area contributed by atoms with Crippen LogP contribution in [0.4, 0.5) is 0 Å². The van der Waals surface area contributed by atoms with E-state index in [2.05, 4.69) is 15.9 Å². The van der Waals surface area contributed by atoms with Gasteiger partial charge in [0.05, 0.1) is 54.3 Å². The number of carbonyl (C=O) groups is 2. The number of hydrogen-bond donors (Lipinski definition) is 1. The summed E-state index contributed by atoms with van der Waals surface area (Å²) in [7, 11) is 7.57. The maximum absolute atomic E-state index is 12.6. The second-order valence-electron chi connectivity index (χ2n) is 10.1. The monoisotopic (exact) mass is 548 g/mol. The maximum Gasteiger partial charge on any atom is 0.472 e. The van der Waals surface area contributed by atoms with E-state index in [-0.39, 0.29) is 32.8 Å². The van der Waals surface area contributed by atoms with Gasteiger partial charge in [0.2, 0.25) is 0 Å². The lowest BCUT2D eigenvalue weighted by molar-refractivity contribution is -0.870. The summed E-state index contributed by atoms with van der Waals surface area (Å²) < 4.78 is 33.4. The Morgan fingerprint density at radius 3 is 1.94 bits per heavy atom. The topological polar surface area (TPSA) is 108 Å². The fourth-order valence-corrected chi connectivity index (χ4v) is 3.83. The number of halogens is 1. The van der Waals surface area contributed by atoms with Gasteiger partial charge in [0, 0.05) is 0 Å². The van der Waals surface area contributed by atoms with Gasteiger partial charge in [0.25, 0.3) is 0 Å². The highest BCUT2D eigenvalue weighted by Gasteiger charge is 2.38. The number of rotatable bonds is 16. The molecule has 3 atom stereocenters. The Balaban J connectivity index is 4.49. The van der Waals surface area contributed by atoms with Crippen molar-refractivity contribution in [3.05, 3.63) is 0 Å². The summed E-state index contributed by atoms with van der Waals surface area (Å²) >= 11 is 3.31. The van der Waals surface area contributed by atoms with Crippen molar-refractivity contribution in [2.75, 3.05) is 81.8 Å². The average Bonchev–Trinajstić information content (AvgIpc) is 2.62. The zero-order chi connectivity index (χ0) is 25.2. The van der Waals surface area contributed by atoms with Crippen molar-refractivity contribution in [1.29, 1.82) is 0 Å². The van der Waals surface area contributed by atoms with Gasteiger partial charge in [-0.15, -0.1) is 0 Å². The van der Waals surface area contributed by atoms with Gasteiger partial charge in [0.15, 0.2) is 0 Å². The van der Waals surface area contributed by atoms with Gasteiger partial charge in [0.1, 0.15) is 37.7 Å². The third kappa shape index (κ3) is 14.6. The molecular weight excluding hydrogens is 507 g/mol. The Bertz CT molecular complexity index is 650. The molecule has 0 amide bonds. The van der Waals surface area contributed by atoms with Gasteiger partial charge in [-0.25, -0.2) is 4.57 Å². The highest BCUT2D eigenvalue weighted by Crippen LogP contribution is 2.42. The highest BCUT2D eigenvalue weighted by molar-refractivity contribution is 9.10. The fraction of sp³-hybridized carbons (Fsp3) is 0.900. The molecule has 0 aliphatic heterocycles. The summed E-state index contributed by atoms with van der Waals surface area (Å²) in [5.74, 6) is -0.951. The molecular formula is C20H42BrN2O8P+2. The molecule has 3 unspecified atom stereocenters. The SMILES string of the molecule is CCC(C)(CC(Br)C(=O)OCC[N+](C)(C)C)C(=O)OCCOP(=O)(O)OCC[N+](C)(C)C. The van der Waals surface area contributed by atoms with Gasteiger partial charge in [-0.2, -0.15) is 0 Å². The predicted octanol–water partition coefficient (Wildman–Crippen LogP) is 2.19. The third-order valence-electron chi connectivity index (χ3n) is 4.75. The molecule has 0 aliphatic carbocycles. The summed E-state index contributed by atoms with van der Waals surface area (Å²) in [6, 6.07) is 0. The van der Waals surface area contributed by atoms with Gasteiger partial charge < -0.3 is 23.3 Å². The predicted molar refractivity (Wildman–Crippen MR) is 125 cm³/mol. The molecule has 0 fully saturated rings. The number of alkyl halides is 1. The number of quaternary nitrogens is 2. The van der Waals surface area contributed by atoms with Crippen LogP contribution in [-0.2, 0) is 32.7 Å². The van der Waals surface area contributed by atoms with Crippen LogP contribution in [0.2, 0.25) is 0 Å². The minimum Gasteiger partial charge on any atom is -0.463 e. The molecule has 12 heteroatoms. The molecule has 0 aliphatic rings. The number of phosphoric ester groups is 1. The molecule has 0 aromatic rings. The normalized spacial score (nSPS) is 17.2. The third-order valence-corrected chi connectivity index (χ3v) is 6.47. The van der Waals surface area contributed by atoms with E-state index in [4.69, 9.17) is 18.5 Å². The van der Waals surface area contributed by atoms with Crippen LogP contribution in [0.1, 0.15) is 26.7 Å². The summed E-state index contributed by atoms with van der Waals surface area (Å²) in [6.45, 7) is 4.58. The van der Waals surface area contributed by atoms with E-state index in [0.717, 1.165) is 0 Å². The molecule has 1 N–H and O–H groups in total.